The summed E-state index contributed by atoms with van der Waals surface area (Å²) in [5.74, 6) is 0. The van der Waals surface area contributed by atoms with Crippen LogP contribution in [0.15, 0.2) is 12.4 Å². The Kier molecular flexibility index (Phi) is 4.18. The van der Waals surface area contributed by atoms with E-state index in [1.165, 1.54) is 31.2 Å². The van der Waals surface area contributed by atoms with Gasteiger partial charge in [-0.3, -0.25) is 9.58 Å². The lowest BCUT2D eigenvalue weighted by molar-refractivity contribution is 0.188. The molecule has 0 aromatic carbocycles. The predicted octanol–water partition coefficient (Wildman–Crippen LogP) is 1.68. The smallest absolute Gasteiger partial charge is 0.0538 e. The van der Waals surface area contributed by atoms with Gasteiger partial charge in [0.05, 0.1) is 12.2 Å². The molecule has 2 rings (SSSR count). The van der Waals surface area contributed by atoms with Crippen molar-refractivity contribution in [1.29, 1.82) is 0 Å². The molecule has 96 valence electrons. The summed E-state index contributed by atoms with van der Waals surface area (Å²) in [6.45, 7) is 4.09. The lowest BCUT2D eigenvalue weighted by Gasteiger charge is -2.30. The standard InChI is InChI=1S/C13H24N4/c1-3-4-7-17(12-5-6-12)13(8-14)11-9-15-16(2)10-11/h9-10,12-13H,3-8,14H2,1-2H3. The minimum atomic E-state index is 0.350. The summed E-state index contributed by atoms with van der Waals surface area (Å²) in [5.41, 5.74) is 7.24. The maximum Gasteiger partial charge on any atom is 0.0538 e. The van der Waals surface area contributed by atoms with Crippen LogP contribution in [0.4, 0.5) is 0 Å². The molecule has 0 bridgehead atoms. The van der Waals surface area contributed by atoms with Gasteiger partial charge in [-0.25, -0.2) is 0 Å². The van der Waals surface area contributed by atoms with Gasteiger partial charge in [-0.05, 0) is 25.8 Å². The Morgan fingerprint density at radius 1 is 1.59 bits per heavy atom. The van der Waals surface area contributed by atoms with Crippen molar-refractivity contribution in [2.75, 3.05) is 13.1 Å². The highest BCUT2D eigenvalue weighted by atomic mass is 15.3. The van der Waals surface area contributed by atoms with Crippen molar-refractivity contribution in [3.8, 4) is 0 Å². The zero-order valence-corrected chi connectivity index (χ0v) is 11.0. The van der Waals surface area contributed by atoms with E-state index in [0.717, 1.165) is 12.6 Å². The van der Waals surface area contributed by atoms with Gasteiger partial charge >= 0.3 is 0 Å². The molecule has 0 radical (unpaired) electrons. The first-order valence-corrected chi connectivity index (χ1v) is 6.70. The predicted molar refractivity (Wildman–Crippen MR) is 69.6 cm³/mol. The van der Waals surface area contributed by atoms with E-state index in [1.807, 2.05) is 17.9 Å². The van der Waals surface area contributed by atoms with Crippen LogP contribution in [0.2, 0.25) is 0 Å². The highest BCUT2D eigenvalue weighted by Crippen LogP contribution is 2.34. The minimum Gasteiger partial charge on any atom is -0.329 e. The minimum absolute atomic E-state index is 0.350. The first-order chi connectivity index (χ1) is 8.26. The van der Waals surface area contributed by atoms with Crippen LogP contribution < -0.4 is 5.73 Å². The van der Waals surface area contributed by atoms with Crippen molar-refractivity contribution in [3.05, 3.63) is 18.0 Å². The summed E-state index contributed by atoms with van der Waals surface area (Å²) in [7, 11) is 1.96. The molecule has 1 aromatic heterocycles. The molecule has 1 aliphatic rings. The number of rotatable bonds is 7. The Morgan fingerprint density at radius 3 is 2.82 bits per heavy atom. The molecular formula is C13H24N4. The molecule has 4 nitrogen and oxygen atoms in total. The van der Waals surface area contributed by atoms with Crippen molar-refractivity contribution in [2.24, 2.45) is 12.8 Å². The third-order valence-corrected chi connectivity index (χ3v) is 3.52. The van der Waals surface area contributed by atoms with Crippen LogP contribution >= 0.6 is 0 Å². The highest BCUT2D eigenvalue weighted by Gasteiger charge is 2.33. The number of hydrogen-bond donors (Lipinski definition) is 1. The van der Waals surface area contributed by atoms with Gasteiger partial charge < -0.3 is 5.73 Å². The fraction of sp³-hybridized carbons (Fsp3) is 0.769. The maximum atomic E-state index is 5.97. The molecule has 1 heterocycles. The summed E-state index contributed by atoms with van der Waals surface area (Å²) in [6, 6.07) is 1.11. The molecule has 0 amide bonds. The van der Waals surface area contributed by atoms with Crippen molar-refractivity contribution in [3.63, 3.8) is 0 Å². The molecule has 1 unspecified atom stereocenters. The van der Waals surface area contributed by atoms with E-state index in [4.69, 9.17) is 5.73 Å². The van der Waals surface area contributed by atoms with Crippen molar-refractivity contribution in [1.82, 2.24) is 14.7 Å². The summed E-state index contributed by atoms with van der Waals surface area (Å²) < 4.78 is 1.86. The number of hydrogen-bond acceptors (Lipinski definition) is 3. The monoisotopic (exact) mass is 236 g/mol. The van der Waals surface area contributed by atoms with Crippen molar-refractivity contribution < 1.29 is 0 Å². The van der Waals surface area contributed by atoms with Gasteiger partial charge in [-0.15, -0.1) is 0 Å². The molecule has 1 saturated carbocycles. The van der Waals surface area contributed by atoms with Gasteiger partial charge in [-0.1, -0.05) is 13.3 Å². The van der Waals surface area contributed by atoms with Crippen LogP contribution in [0.3, 0.4) is 0 Å². The summed E-state index contributed by atoms with van der Waals surface area (Å²) >= 11 is 0. The molecule has 17 heavy (non-hydrogen) atoms. The lowest BCUT2D eigenvalue weighted by Crippen LogP contribution is -2.36. The Bertz CT molecular complexity index is 343. The molecule has 2 N–H and O–H groups in total. The van der Waals surface area contributed by atoms with Crippen LogP contribution in [-0.2, 0) is 7.05 Å². The quantitative estimate of drug-likeness (QED) is 0.783. The van der Waals surface area contributed by atoms with E-state index in [1.54, 1.807) is 0 Å². The molecular weight excluding hydrogens is 212 g/mol. The SMILES string of the molecule is CCCCN(C1CC1)C(CN)c1cnn(C)c1. The number of nitrogens with zero attached hydrogens (tertiary/aromatic N) is 3. The third-order valence-electron chi connectivity index (χ3n) is 3.52. The zero-order chi connectivity index (χ0) is 12.3. The van der Waals surface area contributed by atoms with Crippen LogP contribution in [0.25, 0.3) is 0 Å². The van der Waals surface area contributed by atoms with Crippen LogP contribution in [-0.4, -0.2) is 33.8 Å². The number of nitrogens with two attached hydrogens (primary N) is 1. The van der Waals surface area contributed by atoms with Crippen LogP contribution in [0.1, 0.15) is 44.2 Å². The topological polar surface area (TPSA) is 47.1 Å². The number of aromatic nitrogens is 2. The molecule has 1 aromatic rings. The van der Waals surface area contributed by atoms with Gasteiger partial charge in [0.15, 0.2) is 0 Å². The van der Waals surface area contributed by atoms with Gasteiger partial charge in [-0.2, -0.15) is 5.10 Å². The summed E-state index contributed by atoms with van der Waals surface area (Å²) in [4.78, 5) is 2.58. The Balaban J connectivity index is 2.08. The number of aryl methyl sites for hydroxylation is 1. The highest BCUT2D eigenvalue weighted by molar-refractivity contribution is 5.12. The Labute approximate surface area is 104 Å². The first kappa shape index (κ1) is 12.6. The fourth-order valence-corrected chi connectivity index (χ4v) is 2.41. The van der Waals surface area contributed by atoms with Gasteiger partial charge in [0.25, 0.3) is 0 Å². The largest absolute Gasteiger partial charge is 0.329 e. The second kappa shape index (κ2) is 5.65. The van der Waals surface area contributed by atoms with Crippen LogP contribution in [0, 0.1) is 0 Å². The molecule has 1 aliphatic carbocycles. The number of unbranched alkanes of at least 4 members (excludes halogenated alkanes) is 1. The van der Waals surface area contributed by atoms with E-state index < -0.39 is 0 Å². The average molecular weight is 236 g/mol. The van der Waals surface area contributed by atoms with Crippen LogP contribution in [0.5, 0.6) is 0 Å². The maximum absolute atomic E-state index is 5.97. The van der Waals surface area contributed by atoms with Crippen molar-refractivity contribution in [2.45, 2.75) is 44.7 Å². The van der Waals surface area contributed by atoms with Crippen molar-refractivity contribution >= 4 is 0 Å². The Hall–Kier alpha value is -0.870. The fourth-order valence-electron chi connectivity index (χ4n) is 2.41. The molecule has 1 atom stereocenters. The second-order valence-electron chi connectivity index (χ2n) is 5.02. The third kappa shape index (κ3) is 3.07. The van der Waals surface area contributed by atoms with Gasteiger partial charge in [0, 0.05) is 31.4 Å². The van der Waals surface area contributed by atoms with E-state index in [0.29, 0.717) is 12.6 Å². The normalized spacial score (nSPS) is 17.6. The first-order valence-electron chi connectivity index (χ1n) is 6.70. The molecule has 0 spiro atoms. The van der Waals surface area contributed by atoms with Gasteiger partial charge in [0.2, 0.25) is 0 Å². The van der Waals surface area contributed by atoms with E-state index in [-0.39, 0.29) is 0 Å². The Morgan fingerprint density at radius 2 is 2.35 bits per heavy atom. The zero-order valence-electron chi connectivity index (χ0n) is 11.0. The molecule has 0 aliphatic heterocycles. The second-order valence-corrected chi connectivity index (χ2v) is 5.02. The average Bonchev–Trinajstić information content (AvgIpc) is 3.08. The van der Waals surface area contributed by atoms with E-state index in [2.05, 4.69) is 23.1 Å². The lowest BCUT2D eigenvalue weighted by atomic mass is 10.1. The summed E-state index contributed by atoms with van der Waals surface area (Å²) in [6.07, 6.45) is 9.22. The van der Waals surface area contributed by atoms with E-state index in [9.17, 15) is 0 Å². The van der Waals surface area contributed by atoms with Gasteiger partial charge in [0.1, 0.15) is 0 Å². The molecule has 4 heteroatoms. The summed E-state index contributed by atoms with van der Waals surface area (Å²) in [5, 5.41) is 4.26. The van der Waals surface area contributed by atoms with E-state index >= 15 is 0 Å². The molecule has 0 saturated heterocycles. The molecule has 1 fully saturated rings.